The number of nitrogens with two attached hydrogens (primary N) is 2. The van der Waals surface area contributed by atoms with Crippen LogP contribution in [0.3, 0.4) is 0 Å². The number of aromatic nitrogens is 2. The van der Waals surface area contributed by atoms with Gasteiger partial charge in [0.1, 0.15) is 22.8 Å². The average Bonchev–Trinajstić information content (AvgIpc) is 3.17. The molecule has 2 heterocycles. The van der Waals surface area contributed by atoms with Gasteiger partial charge in [0.15, 0.2) is 11.5 Å². The van der Waals surface area contributed by atoms with E-state index in [1.807, 2.05) is 12.1 Å². The summed E-state index contributed by atoms with van der Waals surface area (Å²) in [5, 5.41) is 6.66. The van der Waals surface area contributed by atoms with Crippen LogP contribution in [-0.2, 0) is 0 Å². The van der Waals surface area contributed by atoms with Crippen molar-refractivity contribution in [1.29, 1.82) is 0 Å². The topological polar surface area (TPSA) is 121 Å². The molecule has 0 radical (unpaired) electrons. The lowest BCUT2D eigenvalue weighted by molar-refractivity contribution is -0.275. The van der Waals surface area contributed by atoms with Gasteiger partial charge < -0.3 is 20.9 Å². The lowest BCUT2D eigenvalue weighted by Crippen LogP contribution is -2.43. The molecule has 1 aromatic heterocycles. The Bertz CT molecular complexity index is 1200. The summed E-state index contributed by atoms with van der Waals surface area (Å²) in [7, 11) is 1.84. The highest BCUT2D eigenvalue weighted by molar-refractivity contribution is 6.03. The van der Waals surface area contributed by atoms with Gasteiger partial charge in [-0.1, -0.05) is 12.1 Å². The molecule has 0 aliphatic carbocycles. The van der Waals surface area contributed by atoms with Gasteiger partial charge in [-0.3, -0.25) is 10.2 Å². The minimum Gasteiger partial charge on any atom is -0.453 e. The van der Waals surface area contributed by atoms with Crippen LogP contribution in [0.5, 0.6) is 17.2 Å². The number of nitrogens with one attached hydrogen (secondary N) is 1. The Morgan fingerprint density at radius 3 is 2.46 bits per heavy atom. The van der Waals surface area contributed by atoms with Gasteiger partial charge in [-0.05, 0) is 56.3 Å². The van der Waals surface area contributed by atoms with Crippen LogP contribution in [0, 0.1) is 0 Å². The first-order valence-electron chi connectivity index (χ1n) is 10.9. The highest BCUT2D eigenvalue weighted by Crippen LogP contribution is 2.36. The number of benzene rings is 2. The largest absolute Gasteiger partial charge is 0.573 e. The number of hydrogen-bond acceptors (Lipinski definition) is 7. The molecule has 9 nitrogen and oxygen atoms in total. The van der Waals surface area contributed by atoms with Crippen LogP contribution in [0.15, 0.2) is 48.5 Å². The third-order valence-corrected chi connectivity index (χ3v) is 5.68. The van der Waals surface area contributed by atoms with Crippen LogP contribution in [-0.4, -0.2) is 47.2 Å². The normalized spacial score (nSPS) is 16.7. The van der Waals surface area contributed by atoms with Crippen LogP contribution < -0.4 is 26.4 Å². The number of halogens is 3. The second kappa shape index (κ2) is 9.84. The van der Waals surface area contributed by atoms with E-state index in [0.29, 0.717) is 17.8 Å². The molecule has 1 fully saturated rings. The van der Waals surface area contributed by atoms with Crippen LogP contribution in [0.4, 0.5) is 19.0 Å². The molecule has 12 heteroatoms. The number of anilines is 1. The lowest BCUT2D eigenvalue weighted by atomic mass is 10.1. The number of rotatable bonds is 7. The molecule has 0 spiro atoms. The number of hydrogen-bond donors (Lipinski definition) is 3. The van der Waals surface area contributed by atoms with Crippen molar-refractivity contribution < 1.29 is 27.4 Å². The third kappa shape index (κ3) is 5.49. The Morgan fingerprint density at radius 1 is 1.14 bits per heavy atom. The van der Waals surface area contributed by atoms with Crippen LogP contribution >= 0.6 is 0 Å². The van der Waals surface area contributed by atoms with Crippen molar-refractivity contribution in [2.24, 2.45) is 5.73 Å². The van der Waals surface area contributed by atoms with Crippen LogP contribution in [0.2, 0.25) is 0 Å². The molecule has 1 aliphatic heterocycles. The van der Waals surface area contributed by atoms with Crippen LogP contribution in [0.25, 0.3) is 11.3 Å². The molecule has 5 N–H and O–H groups in total. The van der Waals surface area contributed by atoms with Gasteiger partial charge in [0, 0.05) is 18.7 Å². The smallest absolute Gasteiger partial charge is 0.453 e. The molecule has 1 unspecified atom stereocenters. The van der Waals surface area contributed by atoms with Crippen molar-refractivity contribution >= 4 is 11.7 Å². The zero-order valence-electron chi connectivity index (χ0n) is 18.9. The van der Waals surface area contributed by atoms with Crippen LogP contribution in [0.1, 0.15) is 29.2 Å². The number of hydrazine groups is 1. The maximum atomic E-state index is 12.7. The van der Waals surface area contributed by atoms with E-state index in [0.717, 1.165) is 25.5 Å². The molecular weight excluding hydrogens is 465 g/mol. The SMILES string of the molecule is CNN1CCCC(n2nc(-c3ccc(Oc4ccccc4OC(F)(F)F)cc3)c(C(N)=O)c2N)C1. The molecule has 2 aromatic carbocycles. The summed E-state index contributed by atoms with van der Waals surface area (Å²) < 4.78 is 49.3. The molecule has 1 saturated heterocycles. The van der Waals surface area contributed by atoms with E-state index in [-0.39, 0.29) is 28.9 Å². The Morgan fingerprint density at radius 2 is 1.83 bits per heavy atom. The number of piperidine rings is 1. The number of carbonyl (C=O) groups excluding carboxylic acids is 1. The number of amides is 1. The van der Waals surface area contributed by atoms with Gasteiger partial charge in [-0.25, -0.2) is 9.69 Å². The first-order chi connectivity index (χ1) is 16.7. The van der Waals surface area contributed by atoms with Crippen molar-refractivity contribution in [3.63, 3.8) is 0 Å². The summed E-state index contributed by atoms with van der Waals surface area (Å²) in [6, 6.07) is 11.8. The summed E-state index contributed by atoms with van der Waals surface area (Å²) in [4.78, 5) is 12.2. The molecule has 1 aliphatic rings. The van der Waals surface area contributed by atoms with E-state index in [4.69, 9.17) is 16.2 Å². The Labute approximate surface area is 199 Å². The minimum atomic E-state index is -4.85. The van der Waals surface area contributed by atoms with Gasteiger partial charge in [0.2, 0.25) is 0 Å². The number of ether oxygens (including phenoxy) is 2. The number of primary amides is 1. The zero-order chi connectivity index (χ0) is 25.2. The van der Waals surface area contributed by atoms with Gasteiger partial charge in [0.05, 0.1) is 6.04 Å². The maximum absolute atomic E-state index is 12.7. The van der Waals surface area contributed by atoms with Crippen molar-refractivity contribution in [2.75, 3.05) is 25.9 Å². The standard InChI is InChI=1S/C23H25F3N6O3/c1-29-31-12-4-5-15(13-31)32-21(27)19(22(28)33)20(30-32)14-8-10-16(11-9-14)34-17-6-2-3-7-18(17)35-23(24,25)26/h2-3,6-11,15,29H,4-5,12-13,27H2,1H3,(H2,28,33). The number of para-hydroxylation sites is 2. The summed E-state index contributed by atoms with van der Waals surface area (Å²) in [5.41, 5.74) is 16.0. The predicted octanol–water partition coefficient (Wildman–Crippen LogP) is 3.69. The average molecular weight is 490 g/mol. The summed E-state index contributed by atoms with van der Waals surface area (Å²) in [5.74, 6) is -0.820. The van der Waals surface area contributed by atoms with Gasteiger partial charge in [-0.15, -0.1) is 13.2 Å². The Kier molecular flexibility index (Phi) is 6.85. The van der Waals surface area contributed by atoms with E-state index in [1.54, 1.807) is 28.9 Å². The molecule has 3 aromatic rings. The molecule has 186 valence electrons. The fourth-order valence-corrected chi connectivity index (χ4v) is 4.08. The minimum absolute atomic E-state index is 0.0456. The second-order valence-corrected chi connectivity index (χ2v) is 8.00. The van der Waals surface area contributed by atoms with Crippen molar-refractivity contribution in [3.8, 4) is 28.5 Å². The molecule has 4 rings (SSSR count). The molecule has 1 atom stereocenters. The predicted molar refractivity (Wildman–Crippen MR) is 123 cm³/mol. The zero-order valence-corrected chi connectivity index (χ0v) is 18.9. The van der Waals surface area contributed by atoms with E-state index >= 15 is 0 Å². The second-order valence-electron chi connectivity index (χ2n) is 8.00. The van der Waals surface area contributed by atoms with Gasteiger partial charge >= 0.3 is 6.36 Å². The highest BCUT2D eigenvalue weighted by Gasteiger charge is 2.32. The molecule has 0 saturated carbocycles. The first kappa shape index (κ1) is 24.4. The van der Waals surface area contributed by atoms with E-state index in [2.05, 4.69) is 15.3 Å². The first-order valence-corrected chi connectivity index (χ1v) is 10.9. The number of alkyl halides is 3. The van der Waals surface area contributed by atoms with Gasteiger partial charge in [-0.2, -0.15) is 5.10 Å². The number of nitrogen functional groups attached to an aromatic ring is 1. The molecule has 0 bridgehead atoms. The summed E-state index contributed by atoms with van der Waals surface area (Å²) in [6.07, 6.45) is -3.08. The van der Waals surface area contributed by atoms with Crippen molar-refractivity contribution in [3.05, 3.63) is 54.1 Å². The molecular formula is C23H25F3N6O3. The maximum Gasteiger partial charge on any atom is 0.573 e. The molecule has 1 amide bonds. The van der Waals surface area contributed by atoms with E-state index in [1.165, 1.54) is 18.2 Å². The fraction of sp³-hybridized carbons (Fsp3) is 0.304. The molecule has 35 heavy (non-hydrogen) atoms. The lowest BCUT2D eigenvalue weighted by Gasteiger charge is -2.32. The quantitative estimate of drug-likeness (QED) is 0.462. The van der Waals surface area contributed by atoms with Crippen molar-refractivity contribution in [2.45, 2.75) is 25.2 Å². The fourth-order valence-electron chi connectivity index (χ4n) is 4.08. The Hall–Kier alpha value is -3.77. The number of nitrogens with zero attached hydrogens (tertiary/aromatic N) is 3. The van der Waals surface area contributed by atoms with Crippen molar-refractivity contribution in [1.82, 2.24) is 20.2 Å². The Balaban J connectivity index is 1.61. The summed E-state index contributed by atoms with van der Waals surface area (Å²) in [6.45, 7) is 1.55. The van der Waals surface area contributed by atoms with Gasteiger partial charge in [0.25, 0.3) is 5.91 Å². The van der Waals surface area contributed by atoms with E-state index in [9.17, 15) is 18.0 Å². The summed E-state index contributed by atoms with van der Waals surface area (Å²) >= 11 is 0. The monoisotopic (exact) mass is 490 g/mol. The number of carbonyl (C=O) groups is 1. The van der Waals surface area contributed by atoms with E-state index < -0.39 is 18.0 Å². The third-order valence-electron chi connectivity index (χ3n) is 5.68. The highest BCUT2D eigenvalue weighted by atomic mass is 19.4.